The molecule has 1 atom stereocenters. The van der Waals surface area contributed by atoms with Gasteiger partial charge < -0.3 is 4.90 Å². The molecular weight excluding hydrogens is 335 g/mol. The van der Waals surface area contributed by atoms with E-state index in [1.165, 1.54) is 17.0 Å². The van der Waals surface area contributed by atoms with Crippen molar-refractivity contribution in [2.24, 2.45) is 5.92 Å². The van der Waals surface area contributed by atoms with E-state index in [0.29, 0.717) is 23.5 Å². The van der Waals surface area contributed by atoms with Gasteiger partial charge in [0.1, 0.15) is 0 Å². The van der Waals surface area contributed by atoms with Crippen molar-refractivity contribution in [3.8, 4) is 0 Å². The van der Waals surface area contributed by atoms with E-state index in [4.69, 9.17) is 0 Å². The molecule has 1 aromatic rings. The topological polar surface area (TPSA) is 20.3 Å². The van der Waals surface area contributed by atoms with E-state index in [9.17, 15) is 18.0 Å². The number of halogens is 4. The number of alkyl halides is 3. The Balaban J connectivity index is 2.31. The third-order valence-electron chi connectivity index (χ3n) is 3.67. The Morgan fingerprint density at radius 3 is 2.70 bits per heavy atom. The highest BCUT2D eigenvalue weighted by Gasteiger charge is 2.37. The van der Waals surface area contributed by atoms with E-state index >= 15 is 0 Å². The van der Waals surface area contributed by atoms with Crippen LogP contribution in [0.3, 0.4) is 0 Å². The largest absolute Gasteiger partial charge is 0.417 e. The number of likely N-dealkylation sites (tertiary alicyclic amines) is 1. The maximum atomic E-state index is 13.0. The predicted molar refractivity (Wildman–Crippen MR) is 73.4 cm³/mol. The van der Waals surface area contributed by atoms with Crippen molar-refractivity contribution < 1.29 is 18.0 Å². The van der Waals surface area contributed by atoms with Crippen LogP contribution in [0, 0.1) is 5.92 Å². The smallest absolute Gasteiger partial charge is 0.338 e. The lowest BCUT2D eigenvalue weighted by atomic mass is 10.1. The minimum absolute atomic E-state index is 0.266. The van der Waals surface area contributed by atoms with Gasteiger partial charge in [0, 0.05) is 17.6 Å². The molecule has 2 rings (SSSR count). The van der Waals surface area contributed by atoms with E-state index in [1.807, 2.05) is 6.92 Å². The van der Waals surface area contributed by atoms with E-state index < -0.39 is 17.6 Å². The lowest BCUT2D eigenvalue weighted by molar-refractivity contribution is -0.138. The number of hydrogen-bond donors (Lipinski definition) is 0. The second-order valence-corrected chi connectivity index (χ2v) is 5.92. The second kappa shape index (κ2) is 5.76. The van der Waals surface area contributed by atoms with Gasteiger partial charge in [-0.05, 0) is 30.5 Å². The molecule has 6 heteroatoms. The quantitative estimate of drug-likeness (QED) is 0.777. The Morgan fingerprint density at radius 1 is 1.45 bits per heavy atom. The highest BCUT2D eigenvalue weighted by Crippen LogP contribution is 2.35. The number of nitrogens with zero attached hydrogens (tertiary/aromatic N) is 1. The van der Waals surface area contributed by atoms with Crippen LogP contribution in [0.5, 0.6) is 0 Å². The second-order valence-electron chi connectivity index (χ2n) is 5.00. The van der Waals surface area contributed by atoms with Gasteiger partial charge in [0.05, 0.1) is 11.1 Å². The number of amides is 1. The molecule has 0 saturated carbocycles. The number of carbonyl (C=O) groups excluding carboxylic acids is 1. The van der Waals surface area contributed by atoms with Gasteiger partial charge in [0.15, 0.2) is 0 Å². The zero-order valence-electron chi connectivity index (χ0n) is 11.0. The van der Waals surface area contributed by atoms with Crippen LogP contribution in [-0.4, -0.2) is 23.9 Å². The third kappa shape index (κ3) is 3.16. The van der Waals surface area contributed by atoms with Crippen LogP contribution in [0.2, 0.25) is 0 Å². The van der Waals surface area contributed by atoms with Crippen LogP contribution in [0.15, 0.2) is 22.7 Å². The summed E-state index contributed by atoms with van der Waals surface area (Å²) in [6, 6.07) is 3.67. The molecule has 2 nitrogen and oxygen atoms in total. The number of benzene rings is 1. The molecule has 1 aromatic carbocycles. The summed E-state index contributed by atoms with van der Waals surface area (Å²) in [4.78, 5) is 13.8. The van der Waals surface area contributed by atoms with Crippen LogP contribution >= 0.6 is 15.9 Å². The molecular formula is C14H15BrF3NO. The van der Waals surface area contributed by atoms with E-state index in [2.05, 4.69) is 15.9 Å². The fourth-order valence-electron chi connectivity index (χ4n) is 2.46. The predicted octanol–water partition coefficient (Wildman–Crippen LogP) is 4.34. The van der Waals surface area contributed by atoms with Crippen LogP contribution in [0.4, 0.5) is 13.2 Å². The highest BCUT2D eigenvalue weighted by molar-refractivity contribution is 9.10. The van der Waals surface area contributed by atoms with Crippen molar-refractivity contribution in [2.75, 3.05) is 13.1 Å². The van der Waals surface area contributed by atoms with Crippen molar-refractivity contribution in [2.45, 2.75) is 25.9 Å². The summed E-state index contributed by atoms with van der Waals surface area (Å²) in [5.41, 5.74) is -1.14. The summed E-state index contributed by atoms with van der Waals surface area (Å²) >= 11 is 3.02. The first-order valence-corrected chi connectivity index (χ1v) is 7.28. The normalized spacial score (nSPS) is 19.4. The Morgan fingerprint density at radius 2 is 2.15 bits per heavy atom. The standard InChI is InChI=1S/C14H15BrF3NO/c1-2-9-5-6-19(8-9)13(20)11-4-3-10(15)7-12(11)14(16,17)18/h3-4,7,9H,2,5-6,8H2,1H3. The maximum Gasteiger partial charge on any atom is 0.417 e. The van der Waals surface area contributed by atoms with E-state index in [0.717, 1.165) is 18.9 Å². The van der Waals surface area contributed by atoms with Crippen molar-refractivity contribution in [3.63, 3.8) is 0 Å². The minimum Gasteiger partial charge on any atom is -0.338 e. The van der Waals surface area contributed by atoms with Gasteiger partial charge in [-0.3, -0.25) is 4.79 Å². The Bertz CT molecular complexity index is 516. The average molecular weight is 350 g/mol. The molecule has 110 valence electrons. The van der Waals surface area contributed by atoms with Gasteiger partial charge in [0.2, 0.25) is 0 Å². The van der Waals surface area contributed by atoms with Gasteiger partial charge in [-0.2, -0.15) is 13.2 Å². The van der Waals surface area contributed by atoms with Crippen LogP contribution in [0.1, 0.15) is 35.7 Å². The highest BCUT2D eigenvalue weighted by atomic mass is 79.9. The SMILES string of the molecule is CCC1CCN(C(=O)c2ccc(Br)cc2C(F)(F)F)C1. The van der Waals surface area contributed by atoms with E-state index in [1.54, 1.807) is 0 Å². The molecule has 0 aromatic heterocycles. The molecule has 1 heterocycles. The molecule has 0 aliphatic carbocycles. The molecule has 20 heavy (non-hydrogen) atoms. The minimum atomic E-state index is -4.53. The van der Waals surface area contributed by atoms with Gasteiger partial charge in [-0.15, -0.1) is 0 Å². The van der Waals surface area contributed by atoms with Crippen molar-refractivity contribution in [1.82, 2.24) is 4.90 Å². The summed E-state index contributed by atoms with van der Waals surface area (Å²) in [6.45, 7) is 3.10. The molecule has 0 spiro atoms. The summed E-state index contributed by atoms with van der Waals surface area (Å²) in [6.07, 6.45) is -2.73. The molecule has 1 unspecified atom stereocenters. The zero-order chi connectivity index (χ0) is 14.9. The fraction of sp³-hybridized carbons (Fsp3) is 0.500. The maximum absolute atomic E-state index is 13.0. The van der Waals surface area contributed by atoms with Crippen LogP contribution in [0.25, 0.3) is 0 Å². The van der Waals surface area contributed by atoms with Crippen molar-refractivity contribution >= 4 is 21.8 Å². The van der Waals surface area contributed by atoms with Crippen molar-refractivity contribution in [3.05, 3.63) is 33.8 Å². The summed E-state index contributed by atoms with van der Waals surface area (Å²) in [7, 11) is 0. The fourth-order valence-corrected chi connectivity index (χ4v) is 2.82. The number of hydrogen-bond acceptors (Lipinski definition) is 1. The Labute approximate surface area is 124 Å². The first-order valence-electron chi connectivity index (χ1n) is 6.49. The summed E-state index contributed by atoms with van der Waals surface area (Å²) in [5.74, 6) is -0.135. The first-order chi connectivity index (χ1) is 9.32. The summed E-state index contributed by atoms with van der Waals surface area (Å²) < 4.78 is 39.4. The van der Waals surface area contributed by atoms with Crippen LogP contribution < -0.4 is 0 Å². The van der Waals surface area contributed by atoms with Gasteiger partial charge in [0.25, 0.3) is 5.91 Å². The summed E-state index contributed by atoms with van der Waals surface area (Å²) in [5, 5.41) is 0. The first kappa shape index (κ1) is 15.4. The molecule has 1 amide bonds. The lowest BCUT2D eigenvalue weighted by Gasteiger charge is -2.19. The van der Waals surface area contributed by atoms with Crippen LogP contribution in [-0.2, 0) is 6.18 Å². The number of rotatable bonds is 2. The number of carbonyl (C=O) groups is 1. The Kier molecular flexibility index (Phi) is 4.42. The molecule has 1 saturated heterocycles. The molecule has 1 aliphatic heterocycles. The van der Waals surface area contributed by atoms with Gasteiger partial charge in [-0.1, -0.05) is 29.3 Å². The average Bonchev–Trinajstić information content (AvgIpc) is 2.85. The van der Waals surface area contributed by atoms with Gasteiger partial charge in [-0.25, -0.2) is 0 Å². The molecule has 1 fully saturated rings. The third-order valence-corrected chi connectivity index (χ3v) is 4.16. The molecule has 0 bridgehead atoms. The molecule has 1 aliphatic rings. The van der Waals surface area contributed by atoms with Gasteiger partial charge >= 0.3 is 6.18 Å². The van der Waals surface area contributed by atoms with Crippen molar-refractivity contribution in [1.29, 1.82) is 0 Å². The molecule has 0 radical (unpaired) electrons. The monoisotopic (exact) mass is 349 g/mol. The zero-order valence-corrected chi connectivity index (χ0v) is 12.6. The Hall–Kier alpha value is -1.04. The molecule has 0 N–H and O–H groups in total. The van der Waals surface area contributed by atoms with E-state index in [-0.39, 0.29) is 5.56 Å². The lowest BCUT2D eigenvalue weighted by Crippen LogP contribution is -2.30.